The van der Waals surface area contributed by atoms with Crippen LogP contribution in [0, 0.1) is 0 Å². The number of benzene rings is 1. The molecular formula is C13H12ClNO4S. The van der Waals surface area contributed by atoms with Gasteiger partial charge in [-0.1, -0.05) is 12.1 Å². The highest BCUT2D eigenvalue weighted by molar-refractivity contribution is 7.90. The average molecular weight is 314 g/mol. The number of hydrogen-bond donors (Lipinski definition) is 1. The first-order chi connectivity index (χ1) is 9.38. The van der Waals surface area contributed by atoms with Crippen LogP contribution < -0.4 is 5.32 Å². The molecule has 2 aromatic rings. The summed E-state index contributed by atoms with van der Waals surface area (Å²) in [6.07, 6.45) is 2.48. The van der Waals surface area contributed by atoms with Gasteiger partial charge in [0.2, 0.25) is 5.22 Å². The molecule has 1 aromatic heterocycles. The molecule has 1 heterocycles. The Morgan fingerprint density at radius 3 is 2.40 bits per heavy atom. The van der Waals surface area contributed by atoms with Crippen LogP contribution in [-0.2, 0) is 16.4 Å². The molecule has 106 valence electrons. The van der Waals surface area contributed by atoms with E-state index in [2.05, 4.69) is 5.32 Å². The molecule has 5 nitrogen and oxygen atoms in total. The number of rotatable bonds is 4. The Kier molecular flexibility index (Phi) is 4.15. The van der Waals surface area contributed by atoms with Crippen LogP contribution in [-0.4, -0.2) is 20.6 Å². The first-order valence-corrected chi connectivity index (χ1v) is 7.95. The van der Waals surface area contributed by atoms with Crippen molar-refractivity contribution in [3.05, 3.63) is 52.9 Å². The van der Waals surface area contributed by atoms with E-state index < -0.39 is 9.84 Å². The minimum Gasteiger partial charge on any atom is -0.452 e. The van der Waals surface area contributed by atoms with Crippen LogP contribution in [0.4, 0.5) is 0 Å². The zero-order valence-electron chi connectivity index (χ0n) is 10.6. The molecule has 0 fully saturated rings. The third kappa shape index (κ3) is 3.40. The van der Waals surface area contributed by atoms with E-state index in [-0.39, 0.29) is 28.1 Å². The summed E-state index contributed by atoms with van der Waals surface area (Å²) in [4.78, 5) is 12.0. The standard InChI is InChI=1S/C13H12ClNO4S/c1-20(17,18)10-4-2-9(3-5-10)8-15-13(16)11-6-7-19-12(11)14/h2-7H,8H2,1H3,(H,15,16). The molecule has 0 unspecified atom stereocenters. The number of nitrogens with one attached hydrogen (secondary N) is 1. The fourth-order valence-corrected chi connectivity index (χ4v) is 2.42. The van der Waals surface area contributed by atoms with Crippen LogP contribution in [0.2, 0.25) is 5.22 Å². The molecular weight excluding hydrogens is 302 g/mol. The minimum atomic E-state index is -3.21. The van der Waals surface area contributed by atoms with E-state index in [0.29, 0.717) is 0 Å². The summed E-state index contributed by atoms with van der Waals surface area (Å²) >= 11 is 5.69. The van der Waals surface area contributed by atoms with Crippen molar-refractivity contribution in [1.29, 1.82) is 0 Å². The van der Waals surface area contributed by atoms with Crippen molar-refractivity contribution in [3.63, 3.8) is 0 Å². The summed E-state index contributed by atoms with van der Waals surface area (Å²) in [5.74, 6) is -0.351. The van der Waals surface area contributed by atoms with E-state index in [1.807, 2.05) is 0 Å². The highest BCUT2D eigenvalue weighted by Gasteiger charge is 2.12. The van der Waals surface area contributed by atoms with Gasteiger partial charge in [-0.2, -0.15) is 0 Å². The third-order valence-corrected chi connectivity index (χ3v) is 4.09. The molecule has 0 radical (unpaired) electrons. The SMILES string of the molecule is CS(=O)(=O)c1ccc(CNC(=O)c2ccoc2Cl)cc1. The molecule has 1 aromatic carbocycles. The van der Waals surface area contributed by atoms with Gasteiger partial charge >= 0.3 is 0 Å². The predicted molar refractivity (Wildman–Crippen MR) is 74.4 cm³/mol. The number of furan rings is 1. The second kappa shape index (κ2) is 5.68. The molecule has 0 bridgehead atoms. The quantitative estimate of drug-likeness (QED) is 0.939. The first-order valence-electron chi connectivity index (χ1n) is 5.68. The molecule has 0 atom stereocenters. The number of hydrogen-bond acceptors (Lipinski definition) is 4. The minimum absolute atomic E-state index is 0.0370. The normalized spacial score (nSPS) is 11.3. The number of amides is 1. The summed E-state index contributed by atoms with van der Waals surface area (Å²) in [5.41, 5.74) is 1.05. The van der Waals surface area contributed by atoms with Gasteiger partial charge in [-0.25, -0.2) is 8.42 Å². The molecule has 0 saturated carbocycles. The van der Waals surface area contributed by atoms with Crippen LogP contribution in [0.25, 0.3) is 0 Å². The third-order valence-electron chi connectivity index (χ3n) is 2.67. The van der Waals surface area contributed by atoms with Crippen molar-refractivity contribution in [1.82, 2.24) is 5.32 Å². The van der Waals surface area contributed by atoms with E-state index in [0.717, 1.165) is 11.8 Å². The molecule has 2 rings (SSSR count). The number of carbonyl (C=O) groups is 1. The fraction of sp³-hybridized carbons (Fsp3) is 0.154. The van der Waals surface area contributed by atoms with E-state index in [4.69, 9.17) is 16.0 Å². The van der Waals surface area contributed by atoms with Crippen LogP contribution in [0.1, 0.15) is 15.9 Å². The number of halogens is 1. The maximum Gasteiger partial charge on any atom is 0.256 e. The summed E-state index contributed by atoms with van der Waals surface area (Å²) in [6, 6.07) is 7.77. The molecule has 1 N–H and O–H groups in total. The van der Waals surface area contributed by atoms with E-state index in [1.54, 1.807) is 12.1 Å². The highest BCUT2D eigenvalue weighted by atomic mass is 35.5. The van der Waals surface area contributed by atoms with Crippen molar-refractivity contribution in [2.75, 3.05) is 6.26 Å². The van der Waals surface area contributed by atoms with Gasteiger partial charge in [-0.05, 0) is 35.4 Å². The Morgan fingerprint density at radius 2 is 1.90 bits per heavy atom. The summed E-state index contributed by atoms with van der Waals surface area (Å²) in [6.45, 7) is 0.268. The van der Waals surface area contributed by atoms with Crippen LogP contribution >= 0.6 is 11.6 Å². The molecule has 20 heavy (non-hydrogen) atoms. The topological polar surface area (TPSA) is 76.4 Å². The van der Waals surface area contributed by atoms with Crippen molar-refractivity contribution < 1.29 is 17.6 Å². The molecule has 7 heteroatoms. The van der Waals surface area contributed by atoms with Crippen LogP contribution in [0.3, 0.4) is 0 Å². The maximum absolute atomic E-state index is 11.8. The molecule has 0 spiro atoms. The second-order valence-corrected chi connectivity index (χ2v) is 6.57. The monoisotopic (exact) mass is 313 g/mol. The number of carbonyl (C=O) groups excluding carboxylic acids is 1. The van der Waals surface area contributed by atoms with Crippen molar-refractivity contribution in [2.24, 2.45) is 0 Å². The molecule has 0 aliphatic rings. The van der Waals surface area contributed by atoms with E-state index >= 15 is 0 Å². The predicted octanol–water partition coefficient (Wildman–Crippen LogP) is 2.27. The van der Waals surface area contributed by atoms with Gasteiger partial charge in [0, 0.05) is 12.8 Å². The van der Waals surface area contributed by atoms with Crippen molar-refractivity contribution >= 4 is 27.3 Å². The smallest absolute Gasteiger partial charge is 0.256 e. The summed E-state index contributed by atoms with van der Waals surface area (Å²) < 4.78 is 27.4. The lowest BCUT2D eigenvalue weighted by Crippen LogP contribution is -2.22. The Labute approximate surface area is 121 Å². The zero-order chi connectivity index (χ0) is 14.8. The largest absolute Gasteiger partial charge is 0.452 e. The summed E-state index contributed by atoms with van der Waals surface area (Å²) in [7, 11) is -3.21. The highest BCUT2D eigenvalue weighted by Crippen LogP contribution is 2.16. The van der Waals surface area contributed by atoms with Gasteiger partial charge in [0.05, 0.1) is 16.7 Å². The van der Waals surface area contributed by atoms with Gasteiger partial charge < -0.3 is 9.73 Å². The summed E-state index contributed by atoms with van der Waals surface area (Å²) in [5, 5.41) is 2.70. The van der Waals surface area contributed by atoms with Gasteiger partial charge in [-0.15, -0.1) is 0 Å². The fourth-order valence-electron chi connectivity index (χ4n) is 1.59. The number of sulfone groups is 1. The van der Waals surface area contributed by atoms with Crippen LogP contribution in [0.5, 0.6) is 0 Å². The first kappa shape index (κ1) is 14.6. The lowest BCUT2D eigenvalue weighted by atomic mass is 10.2. The molecule has 0 aliphatic carbocycles. The lowest BCUT2D eigenvalue weighted by Gasteiger charge is -2.05. The van der Waals surface area contributed by atoms with Gasteiger partial charge in [0.15, 0.2) is 9.84 Å². The van der Waals surface area contributed by atoms with Gasteiger partial charge in [0.25, 0.3) is 5.91 Å². The molecule has 0 saturated heterocycles. The molecule has 1 amide bonds. The van der Waals surface area contributed by atoms with E-state index in [9.17, 15) is 13.2 Å². The average Bonchev–Trinajstić information content (AvgIpc) is 2.82. The van der Waals surface area contributed by atoms with Crippen molar-refractivity contribution in [2.45, 2.75) is 11.4 Å². The Bertz CT molecular complexity index is 719. The van der Waals surface area contributed by atoms with Gasteiger partial charge in [-0.3, -0.25) is 4.79 Å². The van der Waals surface area contributed by atoms with Crippen LogP contribution in [0.15, 0.2) is 45.9 Å². The Balaban J connectivity index is 2.02. The maximum atomic E-state index is 11.8. The second-order valence-electron chi connectivity index (χ2n) is 4.21. The lowest BCUT2D eigenvalue weighted by molar-refractivity contribution is 0.0950. The molecule has 0 aliphatic heterocycles. The Morgan fingerprint density at radius 1 is 1.25 bits per heavy atom. The zero-order valence-corrected chi connectivity index (χ0v) is 12.2. The van der Waals surface area contributed by atoms with Crippen molar-refractivity contribution in [3.8, 4) is 0 Å². The Hall–Kier alpha value is -1.79. The van der Waals surface area contributed by atoms with Gasteiger partial charge in [0.1, 0.15) is 0 Å². The van der Waals surface area contributed by atoms with E-state index in [1.165, 1.54) is 24.5 Å².